The summed E-state index contributed by atoms with van der Waals surface area (Å²) in [6.45, 7) is 3.07. The second-order valence-electron chi connectivity index (χ2n) is 4.97. The summed E-state index contributed by atoms with van der Waals surface area (Å²) in [5, 5.41) is 0. The number of nitrogens with zero attached hydrogens (tertiary/aromatic N) is 1. The fourth-order valence-electron chi connectivity index (χ4n) is 2.26. The zero-order chi connectivity index (χ0) is 13.9. The van der Waals surface area contributed by atoms with Gasteiger partial charge >= 0.3 is 0 Å². The van der Waals surface area contributed by atoms with Gasteiger partial charge in [0.1, 0.15) is 0 Å². The first kappa shape index (κ1) is 14.3. The van der Waals surface area contributed by atoms with E-state index in [1.165, 1.54) is 4.31 Å². The van der Waals surface area contributed by atoms with Crippen LogP contribution in [0.4, 0.5) is 5.69 Å². The van der Waals surface area contributed by atoms with Gasteiger partial charge < -0.3 is 5.73 Å². The third-order valence-electron chi connectivity index (χ3n) is 3.42. The summed E-state index contributed by atoms with van der Waals surface area (Å²) >= 11 is 0. The van der Waals surface area contributed by atoms with Crippen LogP contribution in [0.3, 0.4) is 0 Å². The third kappa shape index (κ3) is 3.68. The predicted octanol–water partition coefficient (Wildman–Crippen LogP) is 1.65. The van der Waals surface area contributed by atoms with Crippen LogP contribution in [0.2, 0.25) is 0 Å². The Balaban J connectivity index is 2.04. The highest BCUT2D eigenvalue weighted by molar-refractivity contribution is 7.87. The van der Waals surface area contributed by atoms with Crippen molar-refractivity contribution in [2.45, 2.75) is 32.2 Å². The molecule has 5 nitrogen and oxygen atoms in total. The molecule has 1 aliphatic heterocycles. The van der Waals surface area contributed by atoms with Crippen molar-refractivity contribution >= 4 is 15.9 Å². The Labute approximate surface area is 115 Å². The number of piperidine rings is 1. The van der Waals surface area contributed by atoms with Gasteiger partial charge in [0.05, 0.1) is 0 Å². The van der Waals surface area contributed by atoms with Crippen LogP contribution in [0, 0.1) is 0 Å². The molecule has 6 heteroatoms. The van der Waals surface area contributed by atoms with Crippen molar-refractivity contribution in [1.29, 1.82) is 0 Å². The molecule has 1 unspecified atom stereocenters. The van der Waals surface area contributed by atoms with E-state index < -0.39 is 10.2 Å². The molecule has 0 spiro atoms. The summed E-state index contributed by atoms with van der Waals surface area (Å²) in [6, 6.07) is 6.99. The molecule has 0 radical (unpaired) electrons. The Morgan fingerprint density at radius 1 is 1.16 bits per heavy atom. The fraction of sp³-hybridized carbons (Fsp3) is 0.538. The molecule has 1 atom stereocenters. The maximum absolute atomic E-state index is 12.2. The normalized spacial score (nSPS) is 19.2. The van der Waals surface area contributed by atoms with E-state index in [4.69, 9.17) is 5.73 Å². The lowest BCUT2D eigenvalue weighted by atomic mass is 10.1. The Morgan fingerprint density at radius 2 is 1.74 bits per heavy atom. The molecule has 1 saturated heterocycles. The summed E-state index contributed by atoms with van der Waals surface area (Å²) in [7, 11) is -3.39. The Morgan fingerprint density at radius 3 is 2.32 bits per heavy atom. The molecule has 2 rings (SSSR count). The lowest BCUT2D eigenvalue weighted by Gasteiger charge is -2.27. The zero-order valence-corrected chi connectivity index (χ0v) is 12.0. The molecule has 1 aliphatic rings. The summed E-state index contributed by atoms with van der Waals surface area (Å²) in [4.78, 5) is 0. The average molecular weight is 283 g/mol. The first-order valence-corrected chi connectivity index (χ1v) is 8.06. The number of benzene rings is 1. The lowest BCUT2D eigenvalue weighted by Crippen LogP contribution is -2.44. The van der Waals surface area contributed by atoms with Crippen LogP contribution in [0.1, 0.15) is 37.8 Å². The van der Waals surface area contributed by atoms with Gasteiger partial charge in [0, 0.05) is 24.8 Å². The predicted molar refractivity (Wildman–Crippen MR) is 76.7 cm³/mol. The van der Waals surface area contributed by atoms with Crippen molar-refractivity contribution in [2.24, 2.45) is 0 Å². The number of hydrogen-bond donors (Lipinski definition) is 2. The fourth-order valence-corrected chi connectivity index (χ4v) is 3.73. The molecule has 0 saturated carbocycles. The third-order valence-corrected chi connectivity index (χ3v) is 5.11. The van der Waals surface area contributed by atoms with E-state index >= 15 is 0 Å². The molecule has 106 valence electrons. The minimum Gasteiger partial charge on any atom is -0.399 e. The van der Waals surface area contributed by atoms with Crippen LogP contribution in [0.15, 0.2) is 24.3 Å². The zero-order valence-electron chi connectivity index (χ0n) is 11.2. The van der Waals surface area contributed by atoms with E-state index in [-0.39, 0.29) is 6.04 Å². The molecule has 0 bridgehead atoms. The Kier molecular flexibility index (Phi) is 4.44. The lowest BCUT2D eigenvalue weighted by molar-refractivity contribution is 0.339. The minimum atomic E-state index is -3.39. The smallest absolute Gasteiger partial charge is 0.279 e. The number of hydrogen-bond acceptors (Lipinski definition) is 3. The topological polar surface area (TPSA) is 75.4 Å². The van der Waals surface area contributed by atoms with E-state index in [2.05, 4.69) is 4.72 Å². The van der Waals surface area contributed by atoms with Gasteiger partial charge in [-0.05, 0) is 37.5 Å². The summed E-state index contributed by atoms with van der Waals surface area (Å²) in [5.41, 5.74) is 7.21. The van der Waals surface area contributed by atoms with Gasteiger partial charge in [-0.25, -0.2) is 0 Å². The molecule has 3 N–H and O–H groups in total. The SMILES string of the molecule is CC(NS(=O)(=O)N1CCCCC1)c1ccc(N)cc1. The minimum absolute atomic E-state index is 0.257. The van der Waals surface area contributed by atoms with E-state index in [1.54, 1.807) is 12.1 Å². The summed E-state index contributed by atoms with van der Waals surface area (Å²) in [5.74, 6) is 0. The average Bonchev–Trinajstić information content (AvgIpc) is 2.40. The van der Waals surface area contributed by atoms with Crippen LogP contribution in [-0.4, -0.2) is 25.8 Å². The Hall–Kier alpha value is -1.11. The summed E-state index contributed by atoms with van der Waals surface area (Å²) < 4.78 is 28.7. The van der Waals surface area contributed by atoms with Crippen molar-refractivity contribution in [3.05, 3.63) is 29.8 Å². The van der Waals surface area contributed by atoms with Crippen LogP contribution < -0.4 is 10.5 Å². The van der Waals surface area contributed by atoms with Crippen LogP contribution in [-0.2, 0) is 10.2 Å². The van der Waals surface area contributed by atoms with Gasteiger partial charge in [0.25, 0.3) is 10.2 Å². The molecule has 1 aromatic carbocycles. The monoisotopic (exact) mass is 283 g/mol. The molecule has 1 fully saturated rings. The molecule has 1 heterocycles. The second kappa shape index (κ2) is 5.90. The highest BCUT2D eigenvalue weighted by atomic mass is 32.2. The number of rotatable bonds is 4. The van der Waals surface area contributed by atoms with E-state index in [0.717, 1.165) is 24.8 Å². The van der Waals surface area contributed by atoms with Gasteiger partial charge in [-0.3, -0.25) is 0 Å². The van der Waals surface area contributed by atoms with E-state index in [1.807, 2.05) is 19.1 Å². The van der Waals surface area contributed by atoms with Crippen molar-refractivity contribution in [2.75, 3.05) is 18.8 Å². The standard InChI is InChI=1S/C13H21N3O2S/c1-11(12-5-7-13(14)8-6-12)15-19(17,18)16-9-3-2-4-10-16/h5-8,11,15H,2-4,9-10,14H2,1H3. The highest BCUT2D eigenvalue weighted by Crippen LogP contribution is 2.18. The molecule has 0 aliphatic carbocycles. The van der Waals surface area contributed by atoms with Gasteiger partial charge in [-0.2, -0.15) is 17.4 Å². The molecular formula is C13H21N3O2S. The molecular weight excluding hydrogens is 262 g/mol. The second-order valence-corrected chi connectivity index (χ2v) is 6.67. The molecule has 0 amide bonds. The Bertz CT molecular complexity index is 507. The van der Waals surface area contributed by atoms with E-state index in [0.29, 0.717) is 18.8 Å². The number of anilines is 1. The number of nitrogen functional groups attached to an aromatic ring is 1. The first-order chi connectivity index (χ1) is 8.99. The van der Waals surface area contributed by atoms with Gasteiger partial charge in [-0.1, -0.05) is 18.6 Å². The van der Waals surface area contributed by atoms with Gasteiger partial charge in [-0.15, -0.1) is 0 Å². The molecule has 19 heavy (non-hydrogen) atoms. The van der Waals surface area contributed by atoms with Crippen molar-refractivity contribution in [1.82, 2.24) is 9.03 Å². The van der Waals surface area contributed by atoms with E-state index in [9.17, 15) is 8.42 Å². The maximum Gasteiger partial charge on any atom is 0.279 e. The van der Waals surface area contributed by atoms with Crippen LogP contribution >= 0.6 is 0 Å². The van der Waals surface area contributed by atoms with Crippen molar-refractivity contribution in [3.8, 4) is 0 Å². The molecule has 0 aromatic heterocycles. The van der Waals surface area contributed by atoms with Crippen LogP contribution in [0.5, 0.6) is 0 Å². The quantitative estimate of drug-likeness (QED) is 0.825. The van der Waals surface area contributed by atoms with Gasteiger partial charge in [0.2, 0.25) is 0 Å². The highest BCUT2D eigenvalue weighted by Gasteiger charge is 2.25. The number of nitrogens with one attached hydrogen (secondary N) is 1. The van der Waals surface area contributed by atoms with Gasteiger partial charge in [0.15, 0.2) is 0 Å². The summed E-state index contributed by atoms with van der Waals surface area (Å²) in [6.07, 6.45) is 2.99. The largest absolute Gasteiger partial charge is 0.399 e. The van der Waals surface area contributed by atoms with Crippen molar-refractivity contribution < 1.29 is 8.42 Å². The molecule has 1 aromatic rings. The van der Waals surface area contributed by atoms with Crippen molar-refractivity contribution in [3.63, 3.8) is 0 Å². The van der Waals surface area contributed by atoms with Crippen LogP contribution in [0.25, 0.3) is 0 Å². The number of nitrogens with two attached hydrogens (primary N) is 1. The first-order valence-electron chi connectivity index (χ1n) is 6.62. The maximum atomic E-state index is 12.2.